The summed E-state index contributed by atoms with van der Waals surface area (Å²) in [7, 11) is 0. The Morgan fingerprint density at radius 1 is 0.453 bits per heavy atom. The Balaban J connectivity index is 1.20. The first kappa shape index (κ1) is 56.5. The van der Waals surface area contributed by atoms with Gasteiger partial charge in [0.15, 0.2) is 6.29 Å². The van der Waals surface area contributed by atoms with Gasteiger partial charge in [-0.05, 0) is 52.0 Å². The maximum Gasteiger partial charge on any atom is 0.305 e. The van der Waals surface area contributed by atoms with Crippen molar-refractivity contribution in [3.05, 3.63) is 215 Å². The summed E-state index contributed by atoms with van der Waals surface area (Å²) in [5.41, 5.74) is 5.38. The van der Waals surface area contributed by atoms with Crippen LogP contribution in [-0.2, 0) is 91.8 Å². The molecule has 6 aromatic rings. The highest BCUT2D eigenvalue weighted by Gasteiger charge is 2.54. The monoisotopic (exact) mass is 1100 g/mol. The third kappa shape index (κ3) is 17.9. The summed E-state index contributed by atoms with van der Waals surface area (Å²) in [6, 6.07) is 60.2. The van der Waals surface area contributed by atoms with E-state index in [1.807, 2.05) is 182 Å². The third-order valence-electron chi connectivity index (χ3n) is 13.0. The minimum absolute atomic E-state index is 0.0953. The first-order valence-electron chi connectivity index (χ1n) is 26.2. The molecule has 0 bridgehead atoms. The van der Waals surface area contributed by atoms with Crippen molar-refractivity contribution in [2.45, 2.75) is 133 Å². The average Bonchev–Trinajstić information content (AvgIpc) is 3.46. The van der Waals surface area contributed by atoms with Crippen LogP contribution in [0, 0.1) is 0 Å². The fourth-order valence-corrected chi connectivity index (χ4v) is 10.5. The Bertz CT molecular complexity index is 2470. The number of alkyl halides is 1. The molecule has 0 unspecified atom stereocenters. The van der Waals surface area contributed by atoms with Gasteiger partial charge >= 0.3 is 5.97 Å². The first-order valence-corrected chi connectivity index (χ1v) is 28.4. The molecule has 2 heterocycles. The predicted molar refractivity (Wildman–Crippen MR) is 295 cm³/mol. The van der Waals surface area contributed by atoms with Crippen LogP contribution < -0.4 is 0 Å². The number of rotatable bonds is 30. The Hall–Kier alpha value is -4.74. The fraction of sp³-hybridized carbons (Fsp3) is 0.403. The highest BCUT2D eigenvalue weighted by atomic mass is 79.9. The number of ether oxygens (including phenoxy) is 10. The van der Waals surface area contributed by atoms with Crippen LogP contribution in [0.3, 0.4) is 0 Å². The summed E-state index contributed by atoms with van der Waals surface area (Å²) in [4.78, 5) is 13.5. The SMILES string of the molecule is CCS[C@@H]1O[C@H](COC(=O)CCCCCBr)[C@@H](O[C@H]2O[C@H](COCc3ccccc3)[C@@H](OCc3ccccc3)[C@H](OCc3ccccc3)[C@H]2OCc2ccccc2)[C@H](OCc2ccccc2)[C@H]1OCc1ccccc1. The van der Waals surface area contributed by atoms with Crippen molar-refractivity contribution in [3.8, 4) is 0 Å². The molecule has 0 amide bonds. The molecule has 0 aromatic heterocycles. The predicted octanol–water partition coefficient (Wildman–Crippen LogP) is 12.2. The third-order valence-corrected chi connectivity index (χ3v) is 14.6. The zero-order valence-corrected chi connectivity index (χ0v) is 45.2. The van der Waals surface area contributed by atoms with Crippen molar-refractivity contribution in [1.29, 1.82) is 0 Å². The van der Waals surface area contributed by atoms with Crippen LogP contribution in [-0.4, -0.2) is 90.8 Å². The molecule has 75 heavy (non-hydrogen) atoms. The molecule has 0 aliphatic carbocycles. The number of hydrogen-bond acceptors (Lipinski definition) is 12. The van der Waals surface area contributed by atoms with E-state index >= 15 is 0 Å². The number of carbonyl (C=O) groups excluding carboxylic acids is 1. The van der Waals surface area contributed by atoms with E-state index < -0.39 is 60.6 Å². The number of unbranched alkanes of at least 4 members (excludes halogenated alkanes) is 2. The molecule has 10 atom stereocenters. The van der Waals surface area contributed by atoms with Gasteiger partial charge in [0.2, 0.25) is 0 Å². The number of halogens is 1. The number of carbonyl (C=O) groups is 1. The van der Waals surface area contributed by atoms with E-state index in [1.165, 1.54) is 0 Å². The molecule has 8 rings (SSSR count). The number of hydrogen-bond donors (Lipinski definition) is 0. The van der Waals surface area contributed by atoms with Gasteiger partial charge < -0.3 is 47.4 Å². The second kappa shape index (κ2) is 31.5. The summed E-state index contributed by atoms with van der Waals surface area (Å²) in [6.07, 6.45) is -4.50. The van der Waals surface area contributed by atoms with Gasteiger partial charge in [-0.3, -0.25) is 4.79 Å². The quantitative estimate of drug-likeness (QED) is 0.0243. The van der Waals surface area contributed by atoms with Gasteiger partial charge in [0, 0.05) is 11.8 Å². The lowest BCUT2D eigenvalue weighted by Gasteiger charge is -2.50. The molecule has 2 saturated heterocycles. The van der Waals surface area contributed by atoms with Gasteiger partial charge in [-0.25, -0.2) is 0 Å². The van der Waals surface area contributed by atoms with E-state index in [2.05, 4.69) is 22.9 Å². The molecule has 2 fully saturated rings. The average molecular weight is 1100 g/mol. The second-order valence-electron chi connectivity index (χ2n) is 18.6. The van der Waals surface area contributed by atoms with Gasteiger partial charge in [-0.2, -0.15) is 0 Å². The fourth-order valence-electron chi connectivity index (χ4n) is 9.17. The highest BCUT2D eigenvalue weighted by molar-refractivity contribution is 9.09. The van der Waals surface area contributed by atoms with Crippen LogP contribution in [0.15, 0.2) is 182 Å². The van der Waals surface area contributed by atoms with E-state index in [0.29, 0.717) is 19.6 Å². The first-order chi connectivity index (χ1) is 37.0. The standard InChI is InChI=1S/C62H71BrO11S/c1-2-75-62-60(71-43-51-34-20-8-21-35-51)58(69-41-49-30-16-6-17-31-49)56(53(73-62)45-66-54(64)36-22-9-23-37-63)74-61-59(70-42-50-32-18-7-19-33-50)57(68-40-48-28-14-5-15-29-48)55(67-39-47-26-12-4-13-27-47)52(72-61)44-65-38-46-24-10-3-11-25-46/h3-8,10-21,24-35,52-53,55-62H,2,9,22-23,36-45H2,1H3/t52-,53-,55-,56-,57+,58+,59-,60-,61-,62+/m1/s1. The van der Waals surface area contributed by atoms with Crippen LogP contribution in [0.1, 0.15) is 66.0 Å². The molecule has 0 radical (unpaired) electrons. The smallest absolute Gasteiger partial charge is 0.305 e. The summed E-state index contributed by atoms with van der Waals surface area (Å²) in [6.45, 7) is 3.74. The van der Waals surface area contributed by atoms with Gasteiger partial charge in [0.05, 0.1) is 46.2 Å². The van der Waals surface area contributed by atoms with Crippen molar-refractivity contribution >= 4 is 33.7 Å². The number of benzene rings is 6. The minimum Gasteiger partial charge on any atom is -0.463 e. The Morgan fingerprint density at radius 2 is 0.853 bits per heavy atom. The van der Waals surface area contributed by atoms with Crippen molar-refractivity contribution in [1.82, 2.24) is 0 Å². The number of thioether (sulfide) groups is 1. The number of esters is 1. The lowest BCUT2D eigenvalue weighted by Crippen LogP contribution is -2.66. The zero-order valence-electron chi connectivity index (χ0n) is 42.8. The second-order valence-corrected chi connectivity index (χ2v) is 20.8. The molecule has 0 spiro atoms. The normalized spacial score (nSPS) is 23.7. The molecule has 13 heteroatoms. The molecule has 11 nitrogen and oxygen atoms in total. The Kier molecular flexibility index (Phi) is 23.7. The van der Waals surface area contributed by atoms with Crippen LogP contribution in [0.5, 0.6) is 0 Å². The summed E-state index contributed by atoms with van der Waals surface area (Å²) in [5, 5.41) is 0.878. The highest BCUT2D eigenvalue weighted by Crippen LogP contribution is 2.39. The zero-order chi connectivity index (χ0) is 51.7. The molecule has 6 aromatic carbocycles. The molecule has 2 aliphatic heterocycles. The molecule has 0 N–H and O–H groups in total. The van der Waals surface area contributed by atoms with Crippen molar-refractivity contribution < 1.29 is 52.2 Å². The Labute approximate surface area is 455 Å². The molecule has 2 aliphatic rings. The maximum atomic E-state index is 13.5. The lowest BCUT2D eigenvalue weighted by atomic mass is 9.96. The summed E-state index contributed by atoms with van der Waals surface area (Å²) >= 11 is 5.12. The van der Waals surface area contributed by atoms with Gasteiger partial charge in [-0.15, -0.1) is 11.8 Å². The van der Waals surface area contributed by atoms with E-state index in [1.54, 1.807) is 11.8 Å². The van der Waals surface area contributed by atoms with Crippen molar-refractivity contribution in [3.63, 3.8) is 0 Å². The summed E-state index contributed by atoms with van der Waals surface area (Å²) in [5.74, 6) is 0.418. The van der Waals surface area contributed by atoms with Crippen molar-refractivity contribution in [2.24, 2.45) is 0 Å². The maximum absolute atomic E-state index is 13.5. The van der Waals surface area contributed by atoms with Crippen LogP contribution in [0.2, 0.25) is 0 Å². The van der Waals surface area contributed by atoms with E-state index in [0.717, 1.165) is 57.3 Å². The molecular weight excluding hydrogens is 1030 g/mol. The van der Waals surface area contributed by atoms with Crippen LogP contribution >= 0.6 is 27.7 Å². The van der Waals surface area contributed by atoms with Crippen molar-refractivity contribution in [2.75, 3.05) is 24.3 Å². The van der Waals surface area contributed by atoms with Gasteiger partial charge in [-0.1, -0.05) is 211 Å². The van der Waals surface area contributed by atoms with Crippen LogP contribution in [0.25, 0.3) is 0 Å². The lowest BCUT2D eigenvalue weighted by molar-refractivity contribution is -0.359. The molecule has 398 valence electrons. The Morgan fingerprint density at radius 3 is 1.31 bits per heavy atom. The van der Waals surface area contributed by atoms with E-state index in [4.69, 9.17) is 47.4 Å². The molecular formula is C62H71BrO11S. The van der Waals surface area contributed by atoms with Gasteiger partial charge in [0.1, 0.15) is 60.9 Å². The largest absolute Gasteiger partial charge is 0.463 e. The minimum atomic E-state index is -1.12. The van der Waals surface area contributed by atoms with E-state index in [-0.39, 0.29) is 52.0 Å². The molecule has 0 saturated carbocycles. The topological polar surface area (TPSA) is 109 Å². The van der Waals surface area contributed by atoms with E-state index in [9.17, 15) is 4.79 Å². The van der Waals surface area contributed by atoms with Gasteiger partial charge in [0.25, 0.3) is 0 Å². The van der Waals surface area contributed by atoms with Crippen LogP contribution in [0.4, 0.5) is 0 Å². The summed E-state index contributed by atoms with van der Waals surface area (Å²) < 4.78 is 69.8.